The molecule has 0 radical (unpaired) electrons. The zero-order valence-electron chi connectivity index (χ0n) is 21.0. The van der Waals surface area contributed by atoms with Crippen molar-refractivity contribution in [3.05, 3.63) is 101 Å². The molecule has 4 aromatic rings. The third kappa shape index (κ3) is 5.26. The summed E-state index contributed by atoms with van der Waals surface area (Å²) in [6, 6.07) is 21.7. The predicted molar refractivity (Wildman–Crippen MR) is 144 cm³/mol. The van der Waals surface area contributed by atoms with E-state index >= 15 is 0 Å². The van der Waals surface area contributed by atoms with E-state index in [1.807, 2.05) is 56.3 Å². The summed E-state index contributed by atoms with van der Waals surface area (Å²) in [4.78, 5) is 25.7. The Kier molecular flexibility index (Phi) is 6.77. The van der Waals surface area contributed by atoms with E-state index in [2.05, 4.69) is 15.7 Å². The van der Waals surface area contributed by atoms with Gasteiger partial charge in [0.05, 0.1) is 11.4 Å². The summed E-state index contributed by atoms with van der Waals surface area (Å²) in [5, 5.41) is 21.2. The van der Waals surface area contributed by atoms with E-state index in [1.54, 1.807) is 24.3 Å². The average Bonchev–Trinajstić information content (AvgIpc) is 3.27. The maximum absolute atomic E-state index is 13.1. The number of phenols is 1. The first kappa shape index (κ1) is 24.3. The van der Waals surface area contributed by atoms with Gasteiger partial charge in [-0.1, -0.05) is 48.4 Å². The number of carbonyl (C=O) groups excluding carboxylic acids is 2. The van der Waals surface area contributed by atoms with Crippen molar-refractivity contribution in [1.29, 1.82) is 0 Å². The molecule has 0 spiro atoms. The minimum Gasteiger partial charge on any atom is -0.507 e. The lowest BCUT2D eigenvalue weighted by atomic mass is 9.82. The van der Waals surface area contributed by atoms with Gasteiger partial charge in [-0.2, -0.15) is 9.78 Å². The molecule has 1 aromatic heterocycles. The van der Waals surface area contributed by atoms with Gasteiger partial charge in [0.2, 0.25) is 0 Å². The second kappa shape index (κ2) is 10.3. The largest absolute Gasteiger partial charge is 0.507 e. The highest BCUT2D eigenvalue weighted by molar-refractivity contribution is 6.04. The summed E-state index contributed by atoms with van der Waals surface area (Å²) in [6.45, 7) is 4.39. The minimum absolute atomic E-state index is 0.0214. The molecule has 2 amide bonds. The van der Waals surface area contributed by atoms with Gasteiger partial charge in [0.1, 0.15) is 5.75 Å². The van der Waals surface area contributed by atoms with E-state index in [4.69, 9.17) is 0 Å². The Labute approximate surface area is 216 Å². The highest BCUT2D eigenvalue weighted by Gasteiger charge is 2.27. The fourth-order valence-electron chi connectivity index (χ4n) is 4.47. The molecule has 0 aliphatic heterocycles. The van der Waals surface area contributed by atoms with Crippen molar-refractivity contribution in [2.24, 2.45) is 0 Å². The van der Waals surface area contributed by atoms with Crippen molar-refractivity contribution in [1.82, 2.24) is 15.1 Å². The van der Waals surface area contributed by atoms with Gasteiger partial charge in [-0.3, -0.25) is 4.79 Å². The Bertz CT molecular complexity index is 1450. The number of hydrogen-bond donors (Lipinski definition) is 3. The molecule has 1 heterocycles. The maximum atomic E-state index is 13.1. The molecule has 7 heteroatoms. The molecule has 3 N–H and O–H groups in total. The number of benzene rings is 3. The van der Waals surface area contributed by atoms with Gasteiger partial charge in [-0.15, -0.1) is 0 Å². The van der Waals surface area contributed by atoms with Crippen LogP contribution in [-0.2, 0) is 6.54 Å². The molecule has 188 valence electrons. The van der Waals surface area contributed by atoms with Crippen LogP contribution in [0, 0.1) is 13.8 Å². The van der Waals surface area contributed by atoms with Gasteiger partial charge in [0.15, 0.2) is 0 Å². The highest BCUT2D eigenvalue weighted by Crippen LogP contribution is 2.39. The molecule has 1 saturated carbocycles. The molecule has 0 atom stereocenters. The van der Waals surface area contributed by atoms with E-state index in [-0.39, 0.29) is 23.6 Å². The maximum Gasteiger partial charge on any atom is 0.342 e. The Hall–Kier alpha value is -4.39. The van der Waals surface area contributed by atoms with Crippen LogP contribution in [0.3, 0.4) is 0 Å². The summed E-state index contributed by atoms with van der Waals surface area (Å²) in [6.07, 6.45) is 3.13. The van der Waals surface area contributed by atoms with Crippen LogP contribution in [0.15, 0.2) is 72.8 Å². The number of rotatable bonds is 6. The summed E-state index contributed by atoms with van der Waals surface area (Å²) in [5.41, 5.74) is 6.11. The van der Waals surface area contributed by atoms with Crippen LogP contribution in [0.25, 0.3) is 11.3 Å². The smallest absolute Gasteiger partial charge is 0.342 e. The van der Waals surface area contributed by atoms with Crippen LogP contribution in [0.1, 0.15) is 57.9 Å². The first-order valence-electron chi connectivity index (χ1n) is 12.5. The van der Waals surface area contributed by atoms with Crippen LogP contribution in [-0.4, -0.2) is 26.8 Å². The predicted octanol–water partition coefficient (Wildman–Crippen LogP) is 6.15. The van der Waals surface area contributed by atoms with Gasteiger partial charge < -0.3 is 15.7 Å². The zero-order chi connectivity index (χ0) is 25.9. The lowest BCUT2D eigenvalue weighted by Crippen LogP contribution is -2.31. The van der Waals surface area contributed by atoms with Crippen molar-refractivity contribution in [3.8, 4) is 17.0 Å². The number of aromatic hydroxyl groups is 1. The molecule has 5 rings (SSSR count). The Morgan fingerprint density at radius 2 is 1.76 bits per heavy atom. The van der Waals surface area contributed by atoms with Crippen LogP contribution in [0.2, 0.25) is 0 Å². The van der Waals surface area contributed by atoms with E-state index in [9.17, 15) is 14.7 Å². The molecule has 1 aliphatic carbocycles. The SMILES string of the molecule is Cc1ccc(C(=O)Nc2ccc(-c3cc(C4CCC4)n(C(=O)NCc4ccccc4C)n3)c(O)c2)cc1. The average molecular weight is 495 g/mol. The van der Waals surface area contributed by atoms with Gasteiger partial charge in [0, 0.05) is 35.3 Å². The molecule has 0 unspecified atom stereocenters. The van der Waals surface area contributed by atoms with E-state index < -0.39 is 0 Å². The number of nitrogens with zero attached hydrogens (tertiary/aromatic N) is 2. The monoisotopic (exact) mass is 494 g/mol. The number of hydrogen-bond acceptors (Lipinski definition) is 4. The van der Waals surface area contributed by atoms with E-state index in [1.165, 1.54) is 10.7 Å². The fraction of sp³-hybridized carbons (Fsp3) is 0.233. The van der Waals surface area contributed by atoms with Crippen LogP contribution in [0.4, 0.5) is 10.5 Å². The molecule has 1 fully saturated rings. The van der Waals surface area contributed by atoms with E-state index in [0.717, 1.165) is 41.6 Å². The van der Waals surface area contributed by atoms with Crippen molar-refractivity contribution < 1.29 is 14.7 Å². The molecular weight excluding hydrogens is 464 g/mol. The molecule has 7 nitrogen and oxygen atoms in total. The number of anilines is 1. The second-order valence-electron chi connectivity index (χ2n) is 9.63. The van der Waals surface area contributed by atoms with Gasteiger partial charge >= 0.3 is 6.03 Å². The molecule has 0 bridgehead atoms. The van der Waals surface area contributed by atoms with Crippen molar-refractivity contribution >= 4 is 17.6 Å². The first-order valence-corrected chi connectivity index (χ1v) is 12.5. The lowest BCUT2D eigenvalue weighted by molar-refractivity contribution is 0.102. The number of aromatic nitrogens is 2. The lowest BCUT2D eigenvalue weighted by Gasteiger charge is -2.25. The Balaban J connectivity index is 1.36. The highest BCUT2D eigenvalue weighted by atomic mass is 16.3. The van der Waals surface area contributed by atoms with Crippen LogP contribution >= 0.6 is 0 Å². The van der Waals surface area contributed by atoms with Crippen molar-refractivity contribution in [2.45, 2.75) is 45.6 Å². The van der Waals surface area contributed by atoms with Crippen LogP contribution < -0.4 is 10.6 Å². The second-order valence-corrected chi connectivity index (χ2v) is 9.63. The van der Waals surface area contributed by atoms with Gasteiger partial charge in [-0.05, 0) is 68.1 Å². The third-order valence-corrected chi connectivity index (χ3v) is 6.99. The van der Waals surface area contributed by atoms with Gasteiger partial charge in [-0.25, -0.2) is 4.79 Å². The summed E-state index contributed by atoms with van der Waals surface area (Å²) >= 11 is 0. The standard InChI is InChI=1S/C30H30N4O3/c1-19-10-12-22(13-11-19)29(36)32-24-14-15-25(28(35)16-24)26-17-27(21-8-5-9-21)34(33-26)30(37)31-18-23-7-4-3-6-20(23)2/h3-4,6-7,10-17,21,35H,5,8-9,18H2,1-2H3,(H,31,37)(H,32,36). The first-order chi connectivity index (χ1) is 17.9. The molecular formula is C30H30N4O3. The van der Waals surface area contributed by atoms with E-state index in [0.29, 0.717) is 29.1 Å². The van der Waals surface area contributed by atoms with Crippen LogP contribution in [0.5, 0.6) is 5.75 Å². The normalized spacial score (nSPS) is 13.1. The molecule has 0 saturated heterocycles. The number of carbonyl (C=O) groups is 2. The number of phenolic OH excluding ortho intramolecular Hbond substituents is 1. The molecule has 1 aliphatic rings. The van der Waals surface area contributed by atoms with Gasteiger partial charge in [0.25, 0.3) is 5.91 Å². The Morgan fingerprint density at radius 3 is 2.43 bits per heavy atom. The summed E-state index contributed by atoms with van der Waals surface area (Å²) in [5.74, 6) is -0.0125. The molecule has 37 heavy (non-hydrogen) atoms. The topological polar surface area (TPSA) is 96.3 Å². The number of amides is 2. The number of nitrogens with one attached hydrogen (secondary N) is 2. The summed E-state index contributed by atoms with van der Waals surface area (Å²) < 4.78 is 1.43. The summed E-state index contributed by atoms with van der Waals surface area (Å²) in [7, 11) is 0. The van der Waals surface area contributed by atoms with Crippen molar-refractivity contribution in [3.63, 3.8) is 0 Å². The quantitative estimate of drug-likeness (QED) is 0.300. The Morgan fingerprint density at radius 1 is 1.00 bits per heavy atom. The number of aryl methyl sites for hydroxylation is 2. The zero-order valence-corrected chi connectivity index (χ0v) is 21.0. The fourth-order valence-corrected chi connectivity index (χ4v) is 4.47. The van der Waals surface area contributed by atoms with Crippen molar-refractivity contribution in [2.75, 3.05) is 5.32 Å². The molecule has 3 aromatic carbocycles. The minimum atomic E-state index is -0.294. The third-order valence-electron chi connectivity index (χ3n) is 6.99.